The van der Waals surface area contributed by atoms with Crippen molar-refractivity contribution in [1.29, 1.82) is 0 Å². The van der Waals surface area contributed by atoms with Gasteiger partial charge in [0.25, 0.3) is 17.7 Å². The summed E-state index contributed by atoms with van der Waals surface area (Å²) in [5, 5.41) is 13.2. The number of azo groups is 1. The van der Waals surface area contributed by atoms with Crippen molar-refractivity contribution >= 4 is 23.4 Å². The van der Waals surface area contributed by atoms with Crippen molar-refractivity contribution in [2.75, 3.05) is 21.2 Å². The number of methoxy groups -OCH3 is 1. The Bertz CT molecular complexity index is 839. The van der Waals surface area contributed by atoms with Crippen LogP contribution in [0.2, 0.25) is 0 Å². The van der Waals surface area contributed by atoms with Crippen molar-refractivity contribution in [3.63, 3.8) is 0 Å². The molecule has 32 heavy (non-hydrogen) atoms. The number of hydrogen-bond donors (Lipinski definition) is 2. The molecule has 0 fully saturated rings. The molecule has 0 atom stereocenters. The molecule has 1 aliphatic rings. The van der Waals surface area contributed by atoms with Gasteiger partial charge in [-0.05, 0) is 25.0 Å². The summed E-state index contributed by atoms with van der Waals surface area (Å²) in [5.41, 5.74) is 0.623. The van der Waals surface area contributed by atoms with E-state index >= 15 is 0 Å². The summed E-state index contributed by atoms with van der Waals surface area (Å²) in [6.07, 6.45) is 1.34. The second-order valence-electron chi connectivity index (χ2n) is 6.06. The van der Waals surface area contributed by atoms with Crippen LogP contribution >= 0.6 is 0 Å². The van der Waals surface area contributed by atoms with Crippen LogP contribution in [-0.2, 0) is 9.53 Å². The van der Waals surface area contributed by atoms with E-state index in [-0.39, 0.29) is 34.8 Å². The minimum atomic E-state index is -0.511. The Balaban J connectivity index is 0.00000227. The summed E-state index contributed by atoms with van der Waals surface area (Å²) < 4.78 is 5.11. The number of rotatable bonds is 8. The van der Waals surface area contributed by atoms with Gasteiger partial charge in [-0.2, -0.15) is 0 Å². The van der Waals surface area contributed by atoms with Crippen LogP contribution in [0.3, 0.4) is 0 Å². The molecule has 9 nitrogen and oxygen atoms in total. The zero-order valence-electron chi connectivity index (χ0n) is 20.7. The molecule has 9 heteroatoms. The highest BCUT2D eigenvalue weighted by molar-refractivity contribution is 6.23. The molecule has 0 spiro atoms. The van der Waals surface area contributed by atoms with E-state index in [1.165, 1.54) is 19.1 Å². The minimum absolute atomic E-state index is 0.0845. The van der Waals surface area contributed by atoms with Gasteiger partial charge in [-0.25, -0.2) is 0 Å². The van der Waals surface area contributed by atoms with Crippen LogP contribution in [0.5, 0.6) is 0 Å². The summed E-state index contributed by atoms with van der Waals surface area (Å²) in [5.74, 6) is -1.12. The van der Waals surface area contributed by atoms with Gasteiger partial charge in [0.1, 0.15) is 0 Å². The Morgan fingerprint density at radius 2 is 1.62 bits per heavy atom. The van der Waals surface area contributed by atoms with Crippen LogP contribution in [0.1, 0.15) is 75.1 Å². The van der Waals surface area contributed by atoms with E-state index in [1.807, 2.05) is 41.5 Å². The molecular weight excluding hydrogens is 410 g/mol. The summed E-state index contributed by atoms with van der Waals surface area (Å²) in [7, 11) is 4.42. The van der Waals surface area contributed by atoms with Gasteiger partial charge >= 0.3 is 0 Å². The predicted molar refractivity (Wildman–Crippen MR) is 126 cm³/mol. The maximum absolute atomic E-state index is 12.9. The monoisotopic (exact) mass is 447 g/mol. The van der Waals surface area contributed by atoms with E-state index in [9.17, 15) is 14.4 Å². The van der Waals surface area contributed by atoms with E-state index < -0.39 is 11.8 Å². The van der Waals surface area contributed by atoms with E-state index in [1.54, 1.807) is 25.2 Å². The van der Waals surface area contributed by atoms with Crippen LogP contribution in [0.4, 0.5) is 5.69 Å². The van der Waals surface area contributed by atoms with Crippen LogP contribution in [0.25, 0.3) is 0 Å². The van der Waals surface area contributed by atoms with Gasteiger partial charge in [0, 0.05) is 20.1 Å². The molecule has 2 rings (SSSR count). The number of nitrogens with zero attached hydrogens (tertiary/aromatic N) is 3. The maximum atomic E-state index is 12.9. The number of fused-ring (bicyclic) bond motifs is 1. The standard InChI is InChI=1S/C19H25N5O4.2C2H6/c1-6-11(7-2)24-18(26)12-9-8-10-13(14(12)19(24)27)22-23-15(16(25)20-3)17(21-4)28-5;2*1-2/h8-11,21H,6-7H2,1-5H3,(H,20,25);2*1-2H3/b17-15-,23-22?;;. The van der Waals surface area contributed by atoms with Crippen LogP contribution in [-0.4, -0.2) is 49.9 Å². The second kappa shape index (κ2) is 14.7. The van der Waals surface area contributed by atoms with E-state index in [0.717, 1.165) is 0 Å². The number of ether oxygens (including phenoxy) is 1. The molecule has 178 valence electrons. The van der Waals surface area contributed by atoms with Gasteiger partial charge in [0.05, 0.1) is 23.9 Å². The van der Waals surface area contributed by atoms with Gasteiger partial charge < -0.3 is 15.4 Å². The Morgan fingerprint density at radius 3 is 2.09 bits per heavy atom. The second-order valence-corrected chi connectivity index (χ2v) is 6.06. The van der Waals surface area contributed by atoms with Gasteiger partial charge in [-0.15, -0.1) is 10.2 Å². The first-order valence-electron chi connectivity index (χ1n) is 11.1. The molecule has 0 saturated heterocycles. The highest BCUT2D eigenvalue weighted by atomic mass is 16.5. The Kier molecular flexibility index (Phi) is 13.2. The topological polar surface area (TPSA) is 112 Å². The van der Waals surface area contributed by atoms with Crippen molar-refractivity contribution in [2.24, 2.45) is 10.2 Å². The molecule has 0 radical (unpaired) electrons. The Morgan fingerprint density at radius 1 is 1.03 bits per heavy atom. The molecule has 3 amide bonds. The van der Waals surface area contributed by atoms with Crippen LogP contribution in [0, 0.1) is 0 Å². The third-order valence-corrected chi connectivity index (χ3v) is 4.58. The average Bonchev–Trinajstić information content (AvgIpc) is 3.10. The predicted octanol–water partition coefficient (Wildman–Crippen LogP) is 4.39. The molecule has 1 heterocycles. The molecule has 2 N–H and O–H groups in total. The SMILES string of the molecule is CC.CC.CCC(CC)N1C(=O)c2cccc(N=N/C(C(=O)NC)=C(/NC)OC)c2C1=O. The fourth-order valence-corrected chi connectivity index (χ4v) is 3.09. The number of nitrogens with one attached hydrogen (secondary N) is 2. The molecule has 0 aliphatic carbocycles. The van der Waals surface area contributed by atoms with Gasteiger partial charge in [0.15, 0.2) is 0 Å². The van der Waals surface area contributed by atoms with Crippen LogP contribution < -0.4 is 10.6 Å². The first kappa shape index (κ1) is 28.8. The van der Waals surface area contributed by atoms with Crippen LogP contribution in [0.15, 0.2) is 40.0 Å². The molecular formula is C23H37N5O4. The number of imide groups is 1. The minimum Gasteiger partial charge on any atom is -0.481 e. The van der Waals surface area contributed by atoms with Crippen molar-refractivity contribution in [3.05, 3.63) is 40.9 Å². The Hall–Kier alpha value is -3.23. The number of hydrogen-bond acceptors (Lipinski definition) is 7. The fraction of sp³-hybridized carbons (Fsp3) is 0.522. The Labute approximate surface area is 191 Å². The number of carbonyl (C=O) groups excluding carboxylic acids is 3. The lowest BCUT2D eigenvalue weighted by atomic mass is 10.1. The number of benzene rings is 1. The lowest BCUT2D eigenvalue weighted by Gasteiger charge is -2.23. The molecule has 1 aliphatic heterocycles. The molecule has 1 aromatic rings. The number of carbonyl (C=O) groups is 3. The molecule has 0 bridgehead atoms. The van der Waals surface area contributed by atoms with Gasteiger partial charge in [-0.1, -0.05) is 47.6 Å². The van der Waals surface area contributed by atoms with E-state index in [4.69, 9.17) is 4.74 Å². The van der Waals surface area contributed by atoms with Crippen molar-refractivity contribution in [2.45, 2.75) is 60.4 Å². The highest BCUT2D eigenvalue weighted by Gasteiger charge is 2.40. The first-order valence-corrected chi connectivity index (χ1v) is 11.1. The molecule has 0 saturated carbocycles. The number of amides is 3. The molecule has 1 aromatic carbocycles. The third kappa shape index (κ3) is 6.15. The van der Waals surface area contributed by atoms with Gasteiger partial charge in [0.2, 0.25) is 11.6 Å². The summed E-state index contributed by atoms with van der Waals surface area (Å²) in [6, 6.07) is 4.63. The zero-order valence-corrected chi connectivity index (χ0v) is 20.7. The third-order valence-electron chi connectivity index (χ3n) is 4.58. The quantitative estimate of drug-likeness (QED) is 0.266. The summed E-state index contributed by atoms with van der Waals surface area (Å²) in [6.45, 7) is 11.9. The van der Waals surface area contributed by atoms with E-state index in [2.05, 4.69) is 20.9 Å². The zero-order chi connectivity index (χ0) is 24.8. The van der Waals surface area contributed by atoms with E-state index in [0.29, 0.717) is 18.4 Å². The highest BCUT2D eigenvalue weighted by Crippen LogP contribution is 2.33. The number of likely N-dealkylation sites (N-methyl/N-ethyl adjacent to an activating group) is 1. The largest absolute Gasteiger partial charge is 0.481 e. The molecule has 0 unspecified atom stereocenters. The van der Waals surface area contributed by atoms with Crippen molar-refractivity contribution in [3.8, 4) is 0 Å². The smallest absolute Gasteiger partial charge is 0.277 e. The maximum Gasteiger partial charge on any atom is 0.277 e. The summed E-state index contributed by atoms with van der Waals surface area (Å²) in [4.78, 5) is 39.1. The average molecular weight is 448 g/mol. The molecule has 0 aromatic heterocycles. The normalized spacial score (nSPS) is 13.0. The first-order chi connectivity index (χ1) is 15.4. The summed E-state index contributed by atoms with van der Waals surface area (Å²) >= 11 is 0. The lowest BCUT2D eigenvalue weighted by Crippen LogP contribution is -2.39. The fourth-order valence-electron chi connectivity index (χ4n) is 3.09. The van der Waals surface area contributed by atoms with Gasteiger partial charge in [-0.3, -0.25) is 19.3 Å². The van der Waals surface area contributed by atoms with Crippen molar-refractivity contribution < 1.29 is 19.1 Å². The lowest BCUT2D eigenvalue weighted by molar-refractivity contribution is -0.117. The van der Waals surface area contributed by atoms with Crippen molar-refractivity contribution in [1.82, 2.24) is 15.5 Å².